The summed E-state index contributed by atoms with van der Waals surface area (Å²) in [6.45, 7) is 2.05. The third-order valence-electron chi connectivity index (χ3n) is 4.65. The van der Waals surface area contributed by atoms with Gasteiger partial charge in [0.2, 0.25) is 0 Å². The van der Waals surface area contributed by atoms with Crippen LogP contribution in [0.3, 0.4) is 0 Å². The SMILES string of the molecule is OC1(Cn2ccnc2-c2ccccc2-c2ccccc2)CCNC1. The summed E-state index contributed by atoms with van der Waals surface area (Å²) in [4.78, 5) is 4.58. The molecule has 1 atom stereocenters. The van der Waals surface area contributed by atoms with Crippen LogP contribution in [0.4, 0.5) is 0 Å². The molecular formula is C20H21N3O. The number of aromatic nitrogens is 2. The van der Waals surface area contributed by atoms with E-state index in [1.165, 1.54) is 5.56 Å². The van der Waals surface area contributed by atoms with Crippen molar-refractivity contribution in [3.05, 3.63) is 67.0 Å². The Morgan fingerprint density at radius 3 is 2.54 bits per heavy atom. The number of rotatable bonds is 4. The predicted molar refractivity (Wildman–Crippen MR) is 95.5 cm³/mol. The van der Waals surface area contributed by atoms with Gasteiger partial charge < -0.3 is 15.0 Å². The highest BCUT2D eigenvalue weighted by molar-refractivity contribution is 5.80. The van der Waals surface area contributed by atoms with Gasteiger partial charge in [0, 0.05) is 24.5 Å². The van der Waals surface area contributed by atoms with Gasteiger partial charge >= 0.3 is 0 Å². The Balaban J connectivity index is 1.75. The highest BCUT2D eigenvalue weighted by Gasteiger charge is 2.32. The van der Waals surface area contributed by atoms with Gasteiger partial charge in [0.15, 0.2) is 0 Å². The molecule has 1 aromatic heterocycles. The molecule has 4 rings (SSSR count). The first-order valence-electron chi connectivity index (χ1n) is 8.34. The van der Waals surface area contributed by atoms with E-state index >= 15 is 0 Å². The number of benzene rings is 2. The third-order valence-corrected chi connectivity index (χ3v) is 4.65. The Labute approximate surface area is 141 Å². The minimum atomic E-state index is -0.697. The van der Waals surface area contributed by atoms with Crippen molar-refractivity contribution in [3.8, 4) is 22.5 Å². The average Bonchev–Trinajstić information content (AvgIpc) is 3.25. The van der Waals surface area contributed by atoms with Crippen molar-refractivity contribution < 1.29 is 5.11 Å². The van der Waals surface area contributed by atoms with Gasteiger partial charge in [-0.15, -0.1) is 0 Å². The van der Waals surface area contributed by atoms with Gasteiger partial charge in [0.05, 0.1) is 12.1 Å². The molecule has 0 aliphatic carbocycles. The lowest BCUT2D eigenvalue weighted by atomic mass is 9.98. The van der Waals surface area contributed by atoms with Crippen LogP contribution in [0.15, 0.2) is 67.0 Å². The van der Waals surface area contributed by atoms with Crippen LogP contribution in [0.2, 0.25) is 0 Å². The van der Waals surface area contributed by atoms with Gasteiger partial charge in [-0.1, -0.05) is 54.6 Å². The van der Waals surface area contributed by atoms with E-state index in [9.17, 15) is 5.11 Å². The van der Waals surface area contributed by atoms with E-state index in [1.54, 1.807) is 0 Å². The summed E-state index contributed by atoms with van der Waals surface area (Å²) >= 11 is 0. The molecule has 0 bridgehead atoms. The maximum atomic E-state index is 10.7. The molecule has 1 saturated heterocycles. The lowest BCUT2D eigenvalue weighted by Crippen LogP contribution is -2.36. The molecule has 2 aromatic carbocycles. The smallest absolute Gasteiger partial charge is 0.140 e. The molecule has 1 aliphatic rings. The third kappa shape index (κ3) is 2.86. The Hall–Kier alpha value is -2.43. The van der Waals surface area contributed by atoms with Crippen molar-refractivity contribution in [2.45, 2.75) is 18.6 Å². The first-order chi connectivity index (χ1) is 11.8. The van der Waals surface area contributed by atoms with E-state index in [0.29, 0.717) is 13.1 Å². The largest absolute Gasteiger partial charge is 0.387 e. The average molecular weight is 319 g/mol. The first-order valence-corrected chi connectivity index (χ1v) is 8.34. The normalized spacial score (nSPS) is 20.4. The molecule has 122 valence electrons. The summed E-state index contributed by atoms with van der Waals surface area (Å²) in [6.07, 6.45) is 4.53. The van der Waals surface area contributed by atoms with Crippen molar-refractivity contribution in [2.75, 3.05) is 13.1 Å². The van der Waals surface area contributed by atoms with E-state index in [1.807, 2.05) is 42.7 Å². The van der Waals surface area contributed by atoms with E-state index < -0.39 is 5.60 Å². The fourth-order valence-corrected chi connectivity index (χ4v) is 3.41. The molecule has 4 heteroatoms. The second-order valence-electron chi connectivity index (χ2n) is 6.44. The number of β-amino-alcohol motifs (C(OH)–C–C–N with tert-alkyl or cyclic N) is 1. The van der Waals surface area contributed by atoms with Crippen LogP contribution >= 0.6 is 0 Å². The number of nitrogens with one attached hydrogen (secondary N) is 1. The molecule has 24 heavy (non-hydrogen) atoms. The van der Waals surface area contributed by atoms with Crippen LogP contribution in [-0.4, -0.2) is 33.3 Å². The van der Waals surface area contributed by atoms with E-state index in [4.69, 9.17) is 0 Å². The van der Waals surface area contributed by atoms with Crippen molar-refractivity contribution in [1.29, 1.82) is 0 Å². The quantitative estimate of drug-likeness (QED) is 0.777. The van der Waals surface area contributed by atoms with Crippen molar-refractivity contribution in [3.63, 3.8) is 0 Å². The molecule has 3 aromatic rings. The summed E-state index contributed by atoms with van der Waals surface area (Å²) in [5.41, 5.74) is 2.71. The van der Waals surface area contributed by atoms with Gasteiger partial charge in [-0.2, -0.15) is 0 Å². The highest BCUT2D eigenvalue weighted by atomic mass is 16.3. The highest BCUT2D eigenvalue weighted by Crippen LogP contribution is 2.31. The van der Waals surface area contributed by atoms with Gasteiger partial charge in [0.25, 0.3) is 0 Å². The van der Waals surface area contributed by atoms with Crippen molar-refractivity contribution >= 4 is 0 Å². The number of hydrogen-bond donors (Lipinski definition) is 2. The molecule has 0 amide bonds. The van der Waals surface area contributed by atoms with E-state index in [0.717, 1.165) is 29.9 Å². The Bertz CT molecular complexity index is 820. The van der Waals surface area contributed by atoms with Crippen LogP contribution < -0.4 is 5.32 Å². The number of imidazole rings is 1. The molecule has 0 spiro atoms. The maximum Gasteiger partial charge on any atom is 0.140 e. The van der Waals surface area contributed by atoms with Crippen molar-refractivity contribution in [1.82, 2.24) is 14.9 Å². The fourth-order valence-electron chi connectivity index (χ4n) is 3.41. The van der Waals surface area contributed by atoms with Gasteiger partial charge in [-0.05, 0) is 24.1 Å². The molecular weight excluding hydrogens is 298 g/mol. The zero-order valence-electron chi connectivity index (χ0n) is 13.5. The zero-order valence-corrected chi connectivity index (χ0v) is 13.5. The van der Waals surface area contributed by atoms with E-state index in [-0.39, 0.29) is 0 Å². The fraction of sp³-hybridized carbons (Fsp3) is 0.250. The first kappa shape index (κ1) is 15.1. The van der Waals surface area contributed by atoms with E-state index in [2.05, 4.69) is 39.1 Å². The topological polar surface area (TPSA) is 50.1 Å². The Morgan fingerprint density at radius 2 is 1.79 bits per heavy atom. The van der Waals surface area contributed by atoms with Crippen LogP contribution in [-0.2, 0) is 6.54 Å². The van der Waals surface area contributed by atoms with Crippen LogP contribution in [0, 0.1) is 0 Å². The minimum Gasteiger partial charge on any atom is -0.387 e. The number of hydrogen-bond acceptors (Lipinski definition) is 3. The standard InChI is InChI=1S/C20H21N3O/c24-20(10-11-21-14-20)15-23-13-12-22-19(23)18-9-5-4-8-17(18)16-6-2-1-3-7-16/h1-9,12-13,21,24H,10-11,14-15H2. The number of nitrogens with zero attached hydrogens (tertiary/aromatic N) is 2. The lowest BCUT2D eigenvalue weighted by Gasteiger charge is -2.23. The molecule has 2 N–H and O–H groups in total. The maximum absolute atomic E-state index is 10.7. The lowest BCUT2D eigenvalue weighted by molar-refractivity contribution is 0.0436. The van der Waals surface area contributed by atoms with Crippen LogP contribution in [0.1, 0.15) is 6.42 Å². The summed E-state index contributed by atoms with van der Waals surface area (Å²) < 4.78 is 2.06. The molecule has 1 aliphatic heterocycles. The molecule has 0 saturated carbocycles. The zero-order chi connectivity index (χ0) is 16.4. The molecule has 1 unspecified atom stereocenters. The number of aliphatic hydroxyl groups is 1. The van der Waals surface area contributed by atoms with Crippen LogP contribution in [0.5, 0.6) is 0 Å². The monoisotopic (exact) mass is 319 g/mol. The van der Waals surface area contributed by atoms with Gasteiger partial charge in [0.1, 0.15) is 5.82 Å². The summed E-state index contributed by atoms with van der Waals surface area (Å²) in [5, 5.41) is 13.9. The molecule has 0 radical (unpaired) electrons. The molecule has 4 nitrogen and oxygen atoms in total. The van der Waals surface area contributed by atoms with Crippen molar-refractivity contribution in [2.24, 2.45) is 0 Å². The Morgan fingerprint density at radius 1 is 1.04 bits per heavy atom. The summed E-state index contributed by atoms with van der Waals surface area (Å²) in [5.74, 6) is 0.898. The minimum absolute atomic E-state index is 0.554. The summed E-state index contributed by atoms with van der Waals surface area (Å²) in [7, 11) is 0. The van der Waals surface area contributed by atoms with Crippen LogP contribution in [0.25, 0.3) is 22.5 Å². The predicted octanol–water partition coefficient (Wildman–Crippen LogP) is 2.94. The molecule has 2 heterocycles. The second-order valence-corrected chi connectivity index (χ2v) is 6.44. The molecule has 1 fully saturated rings. The second kappa shape index (κ2) is 6.23. The van der Waals surface area contributed by atoms with Gasteiger partial charge in [-0.25, -0.2) is 4.98 Å². The summed E-state index contributed by atoms with van der Waals surface area (Å²) in [6, 6.07) is 18.6. The van der Waals surface area contributed by atoms with Gasteiger partial charge in [-0.3, -0.25) is 0 Å². The Kier molecular flexibility index (Phi) is 3.92.